The summed E-state index contributed by atoms with van der Waals surface area (Å²) < 4.78 is 5.86. The largest absolute Gasteiger partial charge is 0.416 e. The minimum atomic E-state index is -0.309. The van der Waals surface area contributed by atoms with E-state index in [0.29, 0.717) is 17.5 Å². The number of nitrogens with one attached hydrogen (secondary N) is 1. The van der Waals surface area contributed by atoms with Gasteiger partial charge in [0.05, 0.1) is 11.3 Å². The van der Waals surface area contributed by atoms with Crippen molar-refractivity contribution >= 4 is 17.7 Å². The van der Waals surface area contributed by atoms with E-state index in [-0.39, 0.29) is 29.0 Å². The van der Waals surface area contributed by atoms with E-state index < -0.39 is 0 Å². The second kappa shape index (κ2) is 10.4. The lowest BCUT2D eigenvalue weighted by atomic mass is 9.98. The summed E-state index contributed by atoms with van der Waals surface area (Å²) in [5.74, 6) is 0.968. The Morgan fingerprint density at radius 2 is 1.53 bits per heavy atom. The minimum Gasteiger partial charge on any atom is -0.416 e. The lowest BCUT2D eigenvalue weighted by Crippen LogP contribution is -2.37. The highest BCUT2D eigenvalue weighted by atomic mass is 32.2. The summed E-state index contributed by atoms with van der Waals surface area (Å²) in [4.78, 5) is 12.9. The molecule has 1 N–H and O–H groups in total. The Bertz CT molecular complexity index is 928. The standard InChI is InChI=1S/C24H29N3O2S/c1-16(2)22(23(28)25-18(4)20-13-9-6-10-14-20)30-24-27-26-21(29-24)15-17(3)19-11-7-5-8-12-19/h5-14,16-18,22H,15H2,1-4H3,(H,25,28). The van der Waals surface area contributed by atoms with E-state index in [1.807, 2.05) is 69.3 Å². The SMILES string of the molecule is CC(Cc1nnc(SC(C(=O)NC(C)c2ccccc2)C(C)C)o1)c1ccccc1. The van der Waals surface area contributed by atoms with Gasteiger partial charge in [0.15, 0.2) is 0 Å². The highest BCUT2D eigenvalue weighted by molar-refractivity contribution is 8.00. The third-order valence-electron chi connectivity index (χ3n) is 5.05. The topological polar surface area (TPSA) is 68.0 Å². The third-order valence-corrected chi connectivity index (χ3v) is 6.43. The smallest absolute Gasteiger partial charge is 0.277 e. The molecule has 3 unspecified atom stereocenters. The van der Waals surface area contributed by atoms with Crippen LogP contribution in [0, 0.1) is 5.92 Å². The number of nitrogens with zero attached hydrogens (tertiary/aromatic N) is 2. The Balaban J connectivity index is 1.62. The number of rotatable bonds is 9. The van der Waals surface area contributed by atoms with E-state index in [2.05, 4.69) is 34.6 Å². The number of benzene rings is 2. The number of thioether (sulfide) groups is 1. The van der Waals surface area contributed by atoms with E-state index in [4.69, 9.17) is 4.42 Å². The summed E-state index contributed by atoms with van der Waals surface area (Å²) in [5, 5.41) is 11.6. The summed E-state index contributed by atoms with van der Waals surface area (Å²) >= 11 is 1.33. The molecule has 5 nitrogen and oxygen atoms in total. The second-order valence-electron chi connectivity index (χ2n) is 7.90. The summed E-state index contributed by atoms with van der Waals surface area (Å²) in [6, 6.07) is 20.2. The van der Waals surface area contributed by atoms with Gasteiger partial charge in [0.25, 0.3) is 5.22 Å². The van der Waals surface area contributed by atoms with Crippen LogP contribution in [0.1, 0.15) is 56.7 Å². The number of amides is 1. The zero-order valence-corrected chi connectivity index (χ0v) is 18.7. The monoisotopic (exact) mass is 423 g/mol. The van der Waals surface area contributed by atoms with Gasteiger partial charge in [-0.2, -0.15) is 0 Å². The molecule has 1 heterocycles. The Hall–Kier alpha value is -2.60. The van der Waals surface area contributed by atoms with Crippen LogP contribution in [0.25, 0.3) is 0 Å². The van der Waals surface area contributed by atoms with Crippen molar-refractivity contribution in [3.63, 3.8) is 0 Å². The molecular formula is C24H29N3O2S. The normalized spacial score (nSPS) is 14.3. The molecule has 0 saturated heterocycles. The van der Waals surface area contributed by atoms with Gasteiger partial charge in [-0.1, -0.05) is 93.2 Å². The van der Waals surface area contributed by atoms with Crippen LogP contribution in [0.2, 0.25) is 0 Å². The van der Waals surface area contributed by atoms with Gasteiger partial charge in [-0.3, -0.25) is 4.79 Å². The van der Waals surface area contributed by atoms with Gasteiger partial charge in [-0.05, 0) is 29.9 Å². The van der Waals surface area contributed by atoms with E-state index >= 15 is 0 Å². The number of aromatic nitrogens is 2. The molecule has 30 heavy (non-hydrogen) atoms. The molecule has 158 valence electrons. The first kappa shape index (κ1) is 22.1. The highest BCUT2D eigenvalue weighted by Crippen LogP contribution is 2.29. The molecule has 0 spiro atoms. The molecule has 0 bridgehead atoms. The van der Waals surface area contributed by atoms with Gasteiger partial charge in [-0.15, -0.1) is 10.2 Å². The number of carbonyl (C=O) groups excluding carboxylic acids is 1. The second-order valence-corrected chi connectivity index (χ2v) is 8.99. The molecule has 0 aliphatic rings. The van der Waals surface area contributed by atoms with Crippen molar-refractivity contribution in [1.29, 1.82) is 0 Å². The van der Waals surface area contributed by atoms with Crippen molar-refractivity contribution < 1.29 is 9.21 Å². The average molecular weight is 424 g/mol. The Morgan fingerprint density at radius 1 is 0.933 bits per heavy atom. The summed E-state index contributed by atoms with van der Waals surface area (Å²) in [5.41, 5.74) is 2.31. The van der Waals surface area contributed by atoms with Crippen LogP contribution in [0.15, 0.2) is 70.3 Å². The van der Waals surface area contributed by atoms with Gasteiger partial charge < -0.3 is 9.73 Å². The molecule has 3 aromatic rings. The maximum absolute atomic E-state index is 12.9. The van der Waals surface area contributed by atoms with Crippen molar-refractivity contribution in [3.8, 4) is 0 Å². The van der Waals surface area contributed by atoms with Crippen LogP contribution in [-0.2, 0) is 11.2 Å². The van der Waals surface area contributed by atoms with Crippen LogP contribution >= 0.6 is 11.8 Å². The van der Waals surface area contributed by atoms with Crippen LogP contribution in [0.5, 0.6) is 0 Å². The lowest BCUT2D eigenvalue weighted by Gasteiger charge is -2.21. The Kier molecular flexibility index (Phi) is 7.69. The van der Waals surface area contributed by atoms with E-state index in [0.717, 1.165) is 5.56 Å². The fourth-order valence-electron chi connectivity index (χ4n) is 3.25. The van der Waals surface area contributed by atoms with Crippen LogP contribution in [0.4, 0.5) is 0 Å². The summed E-state index contributed by atoms with van der Waals surface area (Å²) in [6.45, 7) is 8.19. The molecule has 3 atom stereocenters. The van der Waals surface area contributed by atoms with Crippen molar-refractivity contribution in [2.75, 3.05) is 0 Å². The van der Waals surface area contributed by atoms with Crippen molar-refractivity contribution in [2.45, 2.75) is 56.5 Å². The molecule has 0 saturated carbocycles. The Morgan fingerprint density at radius 3 is 2.13 bits per heavy atom. The minimum absolute atomic E-state index is 0.0243. The average Bonchev–Trinajstić information content (AvgIpc) is 3.19. The maximum atomic E-state index is 12.9. The molecule has 1 amide bonds. The molecule has 0 fully saturated rings. The zero-order valence-electron chi connectivity index (χ0n) is 17.9. The van der Waals surface area contributed by atoms with Gasteiger partial charge in [-0.25, -0.2) is 0 Å². The number of carbonyl (C=O) groups is 1. The molecule has 1 aromatic heterocycles. The summed E-state index contributed by atoms with van der Waals surface area (Å²) in [7, 11) is 0. The number of hydrogen-bond acceptors (Lipinski definition) is 5. The first-order valence-corrected chi connectivity index (χ1v) is 11.2. The predicted molar refractivity (Wildman–Crippen MR) is 120 cm³/mol. The fraction of sp³-hybridized carbons (Fsp3) is 0.375. The maximum Gasteiger partial charge on any atom is 0.277 e. The van der Waals surface area contributed by atoms with Crippen molar-refractivity contribution in [1.82, 2.24) is 15.5 Å². The first-order chi connectivity index (χ1) is 14.4. The molecular weight excluding hydrogens is 394 g/mol. The molecule has 0 aliphatic carbocycles. The van der Waals surface area contributed by atoms with Crippen LogP contribution < -0.4 is 5.32 Å². The van der Waals surface area contributed by atoms with Gasteiger partial charge >= 0.3 is 0 Å². The van der Waals surface area contributed by atoms with Crippen LogP contribution in [-0.4, -0.2) is 21.4 Å². The fourth-order valence-corrected chi connectivity index (χ4v) is 4.15. The van der Waals surface area contributed by atoms with Gasteiger partial charge in [0.1, 0.15) is 0 Å². The zero-order chi connectivity index (χ0) is 21.5. The van der Waals surface area contributed by atoms with Gasteiger partial charge in [0.2, 0.25) is 11.8 Å². The number of hydrogen-bond donors (Lipinski definition) is 1. The predicted octanol–water partition coefficient (Wildman–Crippen LogP) is 5.41. The van der Waals surface area contributed by atoms with E-state index in [1.54, 1.807) is 0 Å². The van der Waals surface area contributed by atoms with E-state index in [9.17, 15) is 4.79 Å². The van der Waals surface area contributed by atoms with Crippen molar-refractivity contribution in [3.05, 3.63) is 77.7 Å². The Labute approximate surface area is 182 Å². The third kappa shape index (κ3) is 5.95. The van der Waals surface area contributed by atoms with E-state index in [1.165, 1.54) is 17.3 Å². The molecule has 2 aromatic carbocycles. The molecule has 3 rings (SSSR count). The molecule has 6 heteroatoms. The lowest BCUT2D eigenvalue weighted by molar-refractivity contribution is -0.121. The first-order valence-electron chi connectivity index (χ1n) is 10.3. The summed E-state index contributed by atoms with van der Waals surface area (Å²) in [6.07, 6.45) is 0.668. The molecule has 0 aliphatic heterocycles. The van der Waals surface area contributed by atoms with Gasteiger partial charge in [0, 0.05) is 6.42 Å². The van der Waals surface area contributed by atoms with Crippen LogP contribution in [0.3, 0.4) is 0 Å². The van der Waals surface area contributed by atoms with Crippen molar-refractivity contribution in [2.24, 2.45) is 5.92 Å². The quantitative estimate of drug-likeness (QED) is 0.466. The molecule has 0 radical (unpaired) electrons. The highest BCUT2D eigenvalue weighted by Gasteiger charge is 2.27.